The summed E-state index contributed by atoms with van der Waals surface area (Å²) in [6.07, 6.45) is 10.0. The van der Waals surface area contributed by atoms with Crippen LogP contribution in [0.15, 0.2) is 0 Å². The lowest BCUT2D eigenvalue weighted by Crippen LogP contribution is -2.17. The molecular weight excluding hydrogens is 164 g/mol. The lowest BCUT2D eigenvalue weighted by molar-refractivity contribution is -0.147. The molecule has 0 radical (unpaired) electrons. The highest BCUT2D eigenvalue weighted by atomic mass is 16.5. The molecule has 0 amide bonds. The molecule has 2 nitrogen and oxygen atoms in total. The van der Waals surface area contributed by atoms with Gasteiger partial charge < -0.3 is 4.74 Å². The van der Waals surface area contributed by atoms with E-state index in [-0.39, 0.29) is 5.97 Å². The highest BCUT2D eigenvalue weighted by molar-refractivity contribution is 5.83. The normalized spacial score (nSPS) is 17.5. The number of rotatable bonds is 5. The summed E-state index contributed by atoms with van der Waals surface area (Å²) in [7, 11) is 0. The molecule has 0 saturated heterocycles. The van der Waals surface area contributed by atoms with Gasteiger partial charge in [-0.05, 0) is 19.3 Å². The molecule has 0 aromatic rings. The summed E-state index contributed by atoms with van der Waals surface area (Å²) in [5.74, 6) is 2.33. The van der Waals surface area contributed by atoms with Crippen LogP contribution in [-0.2, 0) is 9.53 Å². The Balaban J connectivity index is 2.16. The first kappa shape index (κ1) is 10.1. The van der Waals surface area contributed by atoms with Gasteiger partial charge in [-0.15, -0.1) is 6.42 Å². The summed E-state index contributed by atoms with van der Waals surface area (Å²) in [6, 6.07) is 0. The standard InChI is InChI=1S/C11H16O2/c1-3-5-6-9-13-10(12)11(4-2)7-8-11/h2H,3,5-9H2,1H3. The number of terminal acetylenes is 1. The number of esters is 1. The molecule has 1 saturated carbocycles. The van der Waals surface area contributed by atoms with Crippen LogP contribution in [-0.4, -0.2) is 12.6 Å². The fraction of sp³-hybridized carbons (Fsp3) is 0.727. The monoisotopic (exact) mass is 180 g/mol. The Bertz CT molecular complexity index is 221. The maximum Gasteiger partial charge on any atom is 0.324 e. The van der Waals surface area contributed by atoms with E-state index in [2.05, 4.69) is 12.8 Å². The highest BCUT2D eigenvalue weighted by Crippen LogP contribution is 2.45. The molecule has 0 N–H and O–H groups in total. The quantitative estimate of drug-likeness (QED) is 0.368. The van der Waals surface area contributed by atoms with Gasteiger partial charge in [0.2, 0.25) is 0 Å². The van der Waals surface area contributed by atoms with Crippen molar-refractivity contribution in [3.05, 3.63) is 0 Å². The fourth-order valence-electron chi connectivity index (χ4n) is 1.19. The number of unbranched alkanes of at least 4 members (excludes halogenated alkanes) is 2. The zero-order valence-corrected chi connectivity index (χ0v) is 8.14. The molecule has 1 aliphatic carbocycles. The SMILES string of the molecule is C#CC1(C(=O)OCCCCC)CC1. The van der Waals surface area contributed by atoms with E-state index in [1.165, 1.54) is 0 Å². The molecule has 0 heterocycles. The number of ether oxygens (including phenoxy) is 1. The Morgan fingerprint density at radius 2 is 2.23 bits per heavy atom. The summed E-state index contributed by atoms with van der Waals surface area (Å²) in [6.45, 7) is 2.64. The van der Waals surface area contributed by atoms with Crippen LogP contribution in [0.2, 0.25) is 0 Å². The van der Waals surface area contributed by atoms with E-state index in [0.717, 1.165) is 32.1 Å². The van der Waals surface area contributed by atoms with E-state index in [0.29, 0.717) is 6.61 Å². The fourth-order valence-corrected chi connectivity index (χ4v) is 1.19. The van der Waals surface area contributed by atoms with E-state index in [1.54, 1.807) is 0 Å². The molecule has 0 aliphatic heterocycles. The van der Waals surface area contributed by atoms with Gasteiger partial charge in [-0.1, -0.05) is 25.7 Å². The van der Waals surface area contributed by atoms with Gasteiger partial charge in [0.1, 0.15) is 5.41 Å². The van der Waals surface area contributed by atoms with Crippen LogP contribution >= 0.6 is 0 Å². The van der Waals surface area contributed by atoms with E-state index in [1.807, 2.05) is 0 Å². The minimum atomic E-state index is -0.536. The first-order chi connectivity index (χ1) is 6.25. The molecule has 0 atom stereocenters. The van der Waals surface area contributed by atoms with Gasteiger partial charge in [-0.2, -0.15) is 0 Å². The van der Waals surface area contributed by atoms with Gasteiger partial charge in [0.15, 0.2) is 0 Å². The number of hydrogen-bond acceptors (Lipinski definition) is 2. The summed E-state index contributed by atoms with van der Waals surface area (Å²) in [4.78, 5) is 11.4. The molecule has 2 heteroatoms. The maximum absolute atomic E-state index is 11.4. The molecule has 0 aromatic carbocycles. The van der Waals surface area contributed by atoms with E-state index in [4.69, 9.17) is 11.2 Å². The first-order valence-corrected chi connectivity index (χ1v) is 4.90. The molecule has 1 aliphatic rings. The lowest BCUT2D eigenvalue weighted by Gasteiger charge is -2.07. The number of carbonyl (C=O) groups is 1. The van der Waals surface area contributed by atoms with E-state index >= 15 is 0 Å². The lowest BCUT2D eigenvalue weighted by atomic mass is 10.1. The van der Waals surface area contributed by atoms with E-state index in [9.17, 15) is 4.79 Å². The average Bonchev–Trinajstić information content (AvgIpc) is 2.93. The smallest absolute Gasteiger partial charge is 0.324 e. The van der Waals surface area contributed by atoms with Crippen molar-refractivity contribution in [2.24, 2.45) is 5.41 Å². The number of hydrogen-bond donors (Lipinski definition) is 0. The zero-order chi connectivity index (χ0) is 9.73. The summed E-state index contributed by atoms with van der Waals surface area (Å²) in [5.41, 5.74) is -0.536. The van der Waals surface area contributed by atoms with Gasteiger partial charge in [0, 0.05) is 0 Å². The van der Waals surface area contributed by atoms with Crippen molar-refractivity contribution in [2.45, 2.75) is 39.0 Å². The Kier molecular flexibility index (Phi) is 3.36. The van der Waals surface area contributed by atoms with Crippen LogP contribution in [0.3, 0.4) is 0 Å². The van der Waals surface area contributed by atoms with Crippen molar-refractivity contribution in [2.75, 3.05) is 6.61 Å². The second-order valence-electron chi connectivity index (χ2n) is 3.57. The van der Waals surface area contributed by atoms with Crippen molar-refractivity contribution < 1.29 is 9.53 Å². The van der Waals surface area contributed by atoms with Gasteiger partial charge in [-0.3, -0.25) is 4.79 Å². The first-order valence-electron chi connectivity index (χ1n) is 4.90. The molecule has 1 rings (SSSR count). The number of carbonyl (C=O) groups excluding carboxylic acids is 1. The van der Waals surface area contributed by atoms with Crippen molar-refractivity contribution in [3.8, 4) is 12.3 Å². The van der Waals surface area contributed by atoms with Crippen molar-refractivity contribution in [1.29, 1.82) is 0 Å². The maximum atomic E-state index is 11.4. The summed E-state index contributed by atoms with van der Waals surface area (Å²) >= 11 is 0. The third-order valence-electron chi connectivity index (χ3n) is 2.40. The predicted octanol–water partition coefficient (Wildman–Crippen LogP) is 2.13. The minimum absolute atomic E-state index is 0.189. The highest BCUT2D eigenvalue weighted by Gasteiger charge is 2.49. The summed E-state index contributed by atoms with van der Waals surface area (Å²) in [5, 5.41) is 0. The van der Waals surface area contributed by atoms with E-state index < -0.39 is 5.41 Å². The molecule has 13 heavy (non-hydrogen) atoms. The zero-order valence-electron chi connectivity index (χ0n) is 8.14. The topological polar surface area (TPSA) is 26.3 Å². The van der Waals surface area contributed by atoms with Crippen LogP contribution in [0.5, 0.6) is 0 Å². The van der Waals surface area contributed by atoms with Gasteiger partial charge in [0.25, 0.3) is 0 Å². The third-order valence-corrected chi connectivity index (χ3v) is 2.40. The van der Waals surface area contributed by atoms with Crippen LogP contribution in [0, 0.1) is 17.8 Å². The van der Waals surface area contributed by atoms with Crippen LogP contribution < -0.4 is 0 Å². The molecule has 0 spiro atoms. The van der Waals surface area contributed by atoms with Crippen molar-refractivity contribution in [3.63, 3.8) is 0 Å². The van der Waals surface area contributed by atoms with Gasteiger partial charge in [0.05, 0.1) is 6.61 Å². The van der Waals surface area contributed by atoms with Crippen LogP contribution in [0.1, 0.15) is 39.0 Å². The Morgan fingerprint density at radius 1 is 1.54 bits per heavy atom. The van der Waals surface area contributed by atoms with Gasteiger partial charge >= 0.3 is 5.97 Å². The van der Waals surface area contributed by atoms with Crippen molar-refractivity contribution >= 4 is 5.97 Å². The molecular formula is C11H16O2. The predicted molar refractivity (Wildman–Crippen MR) is 51.0 cm³/mol. The molecule has 0 unspecified atom stereocenters. The second-order valence-corrected chi connectivity index (χ2v) is 3.57. The Morgan fingerprint density at radius 3 is 2.69 bits per heavy atom. The van der Waals surface area contributed by atoms with Crippen molar-refractivity contribution in [1.82, 2.24) is 0 Å². The third kappa shape index (κ3) is 2.48. The molecule has 1 fully saturated rings. The molecule has 72 valence electrons. The van der Waals surface area contributed by atoms with Crippen LogP contribution in [0.25, 0.3) is 0 Å². The molecule has 0 bridgehead atoms. The minimum Gasteiger partial charge on any atom is -0.465 e. The second kappa shape index (κ2) is 4.32. The van der Waals surface area contributed by atoms with Gasteiger partial charge in [-0.25, -0.2) is 0 Å². The summed E-state index contributed by atoms with van der Waals surface area (Å²) < 4.78 is 5.08. The largest absolute Gasteiger partial charge is 0.465 e. The molecule has 0 aromatic heterocycles. The average molecular weight is 180 g/mol. The van der Waals surface area contributed by atoms with Crippen LogP contribution in [0.4, 0.5) is 0 Å². The Hall–Kier alpha value is -0.970. The Labute approximate surface area is 79.7 Å².